The number of benzene rings is 2. The van der Waals surface area contributed by atoms with Gasteiger partial charge in [0, 0.05) is 22.3 Å². The first-order valence-corrected chi connectivity index (χ1v) is 12.1. The molecule has 2 aromatic carbocycles. The Morgan fingerprint density at radius 2 is 1.87 bits per heavy atom. The summed E-state index contributed by atoms with van der Waals surface area (Å²) in [7, 11) is 0. The topological polar surface area (TPSA) is 78.5 Å². The number of anilines is 2. The van der Waals surface area contributed by atoms with Gasteiger partial charge in [0.05, 0.1) is 22.5 Å². The van der Waals surface area contributed by atoms with Gasteiger partial charge in [-0.15, -0.1) is 0 Å². The van der Waals surface area contributed by atoms with E-state index in [1.54, 1.807) is 30.0 Å². The van der Waals surface area contributed by atoms with Gasteiger partial charge in [-0.05, 0) is 42.7 Å². The standard InChI is InChI=1S/C22H19Cl2N3O3S/c1-31-9-8-15-17-18(22(26-15)12-4-2-3-5-14(12)25-21(22)30)20(29)27(19(17)28)16-10-11(23)6-7-13(16)24/h2-7,10,15,17-18,26H,8-9H2,1H3,(H,25,30)/t15-,17-,18-,22-/m0/s1. The van der Waals surface area contributed by atoms with Gasteiger partial charge in [0.1, 0.15) is 5.54 Å². The van der Waals surface area contributed by atoms with Crippen LogP contribution in [0, 0.1) is 11.8 Å². The van der Waals surface area contributed by atoms with Crippen molar-refractivity contribution < 1.29 is 14.4 Å². The Hall–Kier alpha value is -2.06. The molecule has 0 unspecified atom stereocenters. The molecule has 0 aromatic heterocycles. The summed E-state index contributed by atoms with van der Waals surface area (Å²) < 4.78 is 0. The molecule has 2 N–H and O–H groups in total. The lowest BCUT2D eigenvalue weighted by molar-refractivity contribution is -0.130. The molecule has 0 bridgehead atoms. The van der Waals surface area contributed by atoms with E-state index < -0.39 is 23.3 Å². The van der Waals surface area contributed by atoms with E-state index in [9.17, 15) is 14.4 Å². The molecular weight excluding hydrogens is 457 g/mol. The Balaban J connectivity index is 1.67. The van der Waals surface area contributed by atoms with Crippen molar-refractivity contribution in [2.24, 2.45) is 11.8 Å². The highest BCUT2D eigenvalue weighted by Crippen LogP contribution is 2.54. The number of imide groups is 1. The van der Waals surface area contributed by atoms with Gasteiger partial charge in [-0.2, -0.15) is 11.8 Å². The second-order valence-electron chi connectivity index (χ2n) is 7.95. The van der Waals surface area contributed by atoms with Crippen molar-refractivity contribution in [3.05, 3.63) is 58.1 Å². The van der Waals surface area contributed by atoms with Gasteiger partial charge in [-0.3, -0.25) is 19.7 Å². The lowest BCUT2D eigenvalue weighted by atomic mass is 9.76. The zero-order chi connectivity index (χ0) is 21.9. The predicted molar refractivity (Wildman–Crippen MR) is 123 cm³/mol. The second kappa shape index (κ2) is 7.52. The van der Waals surface area contributed by atoms with E-state index >= 15 is 0 Å². The highest BCUT2D eigenvalue weighted by Gasteiger charge is 2.70. The Bertz CT molecular complexity index is 1130. The van der Waals surface area contributed by atoms with Crippen LogP contribution in [0.1, 0.15) is 12.0 Å². The maximum atomic E-state index is 13.8. The molecule has 0 radical (unpaired) electrons. The molecule has 0 saturated carbocycles. The highest BCUT2D eigenvalue weighted by molar-refractivity contribution is 7.98. The summed E-state index contributed by atoms with van der Waals surface area (Å²) in [4.78, 5) is 41.8. The first-order chi connectivity index (χ1) is 14.9. The van der Waals surface area contributed by atoms with Crippen LogP contribution in [0.3, 0.4) is 0 Å². The van der Waals surface area contributed by atoms with Crippen molar-refractivity contribution in [3.8, 4) is 0 Å². The molecule has 3 aliphatic heterocycles. The number of carbonyl (C=O) groups is 3. The molecule has 5 rings (SSSR count). The lowest BCUT2D eigenvalue weighted by Crippen LogP contribution is -2.53. The van der Waals surface area contributed by atoms with E-state index in [2.05, 4.69) is 10.6 Å². The van der Waals surface area contributed by atoms with Crippen LogP contribution >= 0.6 is 35.0 Å². The maximum absolute atomic E-state index is 13.8. The highest BCUT2D eigenvalue weighted by atomic mass is 35.5. The van der Waals surface area contributed by atoms with Crippen LogP contribution in [0.2, 0.25) is 10.0 Å². The Morgan fingerprint density at radius 3 is 2.65 bits per heavy atom. The Kier molecular flexibility index (Phi) is 5.05. The molecule has 6 nitrogen and oxygen atoms in total. The van der Waals surface area contributed by atoms with Crippen molar-refractivity contribution in [2.75, 3.05) is 22.2 Å². The molecule has 3 aliphatic rings. The number of halogens is 2. The van der Waals surface area contributed by atoms with Gasteiger partial charge in [0.25, 0.3) is 0 Å². The number of thioether (sulfide) groups is 1. The molecule has 160 valence electrons. The summed E-state index contributed by atoms with van der Waals surface area (Å²) in [5.41, 5.74) is 0.311. The predicted octanol–water partition coefficient (Wildman–Crippen LogP) is 3.67. The van der Waals surface area contributed by atoms with E-state index in [1.165, 1.54) is 6.07 Å². The minimum absolute atomic E-state index is 0.254. The molecule has 3 amide bonds. The number of rotatable bonds is 4. The monoisotopic (exact) mass is 475 g/mol. The third kappa shape index (κ3) is 2.87. The zero-order valence-corrected chi connectivity index (χ0v) is 18.9. The summed E-state index contributed by atoms with van der Waals surface area (Å²) in [6.07, 6.45) is 2.63. The van der Waals surface area contributed by atoms with Crippen molar-refractivity contribution in [2.45, 2.75) is 18.0 Å². The summed E-state index contributed by atoms with van der Waals surface area (Å²) in [6, 6.07) is 11.7. The average Bonchev–Trinajstić information content (AvgIpc) is 3.33. The minimum atomic E-state index is -1.29. The van der Waals surface area contributed by atoms with Crippen molar-refractivity contribution >= 4 is 64.1 Å². The average molecular weight is 476 g/mol. The molecule has 2 aromatic rings. The van der Waals surface area contributed by atoms with Gasteiger partial charge >= 0.3 is 0 Å². The van der Waals surface area contributed by atoms with Crippen LogP contribution < -0.4 is 15.5 Å². The van der Waals surface area contributed by atoms with Crippen LogP contribution in [0.15, 0.2) is 42.5 Å². The minimum Gasteiger partial charge on any atom is -0.324 e. The third-order valence-corrected chi connectivity index (χ3v) is 7.60. The van der Waals surface area contributed by atoms with Crippen molar-refractivity contribution in [1.29, 1.82) is 0 Å². The van der Waals surface area contributed by atoms with Crippen LogP contribution in [-0.4, -0.2) is 35.8 Å². The SMILES string of the molecule is CSCC[C@@H]1N[C@]2(C(=O)Nc3ccccc32)[C@@H]2C(=O)N(c3cc(Cl)ccc3Cl)C(=O)[C@@H]12. The number of para-hydroxylation sites is 1. The normalized spacial score (nSPS) is 28.9. The number of amides is 3. The van der Waals surface area contributed by atoms with Gasteiger partial charge < -0.3 is 5.32 Å². The lowest BCUT2D eigenvalue weighted by Gasteiger charge is -2.29. The first-order valence-electron chi connectivity index (χ1n) is 9.90. The van der Waals surface area contributed by atoms with E-state index in [4.69, 9.17) is 23.2 Å². The number of hydrogen-bond acceptors (Lipinski definition) is 5. The van der Waals surface area contributed by atoms with Gasteiger partial charge in [-0.1, -0.05) is 41.4 Å². The number of hydrogen-bond donors (Lipinski definition) is 2. The first kappa shape index (κ1) is 20.8. The molecule has 31 heavy (non-hydrogen) atoms. The van der Waals surface area contributed by atoms with Crippen LogP contribution in [0.25, 0.3) is 0 Å². The Morgan fingerprint density at radius 1 is 1.10 bits per heavy atom. The quantitative estimate of drug-likeness (QED) is 0.659. The van der Waals surface area contributed by atoms with Crippen molar-refractivity contribution in [1.82, 2.24) is 5.32 Å². The summed E-state index contributed by atoms with van der Waals surface area (Å²) in [5.74, 6) is -1.86. The fraction of sp³-hybridized carbons (Fsp3) is 0.318. The molecule has 1 spiro atoms. The fourth-order valence-electron chi connectivity index (χ4n) is 5.15. The van der Waals surface area contributed by atoms with Gasteiger partial charge in [-0.25, -0.2) is 4.90 Å². The van der Waals surface area contributed by atoms with Crippen LogP contribution in [0.4, 0.5) is 11.4 Å². The number of nitrogens with one attached hydrogen (secondary N) is 2. The number of nitrogens with zero attached hydrogens (tertiary/aromatic N) is 1. The molecular formula is C22H19Cl2N3O3S. The molecule has 3 heterocycles. The zero-order valence-electron chi connectivity index (χ0n) is 16.5. The fourth-order valence-corrected chi connectivity index (χ4v) is 6.00. The number of fused-ring (bicyclic) bond motifs is 4. The van der Waals surface area contributed by atoms with Gasteiger partial charge in [0.2, 0.25) is 17.7 Å². The van der Waals surface area contributed by atoms with Crippen LogP contribution in [0.5, 0.6) is 0 Å². The van der Waals surface area contributed by atoms with E-state index in [-0.39, 0.29) is 28.6 Å². The molecule has 9 heteroatoms. The van der Waals surface area contributed by atoms with E-state index in [1.807, 2.05) is 24.5 Å². The molecule has 0 aliphatic carbocycles. The summed E-state index contributed by atoms with van der Waals surface area (Å²) >= 11 is 14.1. The van der Waals surface area contributed by atoms with Gasteiger partial charge in [0.15, 0.2) is 0 Å². The molecule has 4 atom stereocenters. The molecule has 2 fully saturated rings. The smallest absolute Gasteiger partial charge is 0.250 e. The third-order valence-electron chi connectivity index (χ3n) is 6.40. The maximum Gasteiger partial charge on any atom is 0.250 e. The summed E-state index contributed by atoms with van der Waals surface area (Å²) in [6.45, 7) is 0. The van der Waals surface area contributed by atoms with E-state index in [0.29, 0.717) is 22.7 Å². The van der Waals surface area contributed by atoms with Crippen molar-refractivity contribution in [3.63, 3.8) is 0 Å². The largest absolute Gasteiger partial charge is 0.324 e. The summed E-state index contributed by atoms with van der Waals surface area (Å²) in [5, 5.41) is 6.93. The number of carbonyl (C=O) groups excluding carboxylic acids is 3. The molecule has 2 saturated heterocycles. The van der Waals surface area contributed by atoms with E-state index in [0.717, 1.165) is 10.7 Å². The second-order valence-corrected chi connectivity index (χ2v) is 9.78. The van der Waals surface area contributed by atoms with Crippen LogP contribution in [-0.2, 0) is 19.9 Å². The Labute approximate surface area is 193 Å².